The van der Waals surface area contributed by atoms with Crippen LogP contribution in [0.2, 0.25) is 5.02 Å². The Labute approximate surface area is 121 Å². The minimum atomic E-state index is -2.90. The fraction of sp³-hybridized carbons (Fsp3) is 0.571. The maximum atomic E-state index is 11.2. The van der Waals surface area contributed by atoms with Crippen LogP contribution in [0, 0.1) is 6.92 Å². The topological polar surface area (TPSA) is 46.2 Å². The Morgan fingerprint density at radius 2 is 2.05 bits per heavy atom. The predicted octanol–water partition coefficient (Wildman–Crippen LogP) is 3.12. The predicted molar refractivity (Wildman–Crippen MR) is 81.6 cm³/mol. The van der Waals surface area contributed by atoms with Gasteiger partial charge in [0.2, 0.25) is 0 Å². The van der Waals surface area contributed by atoms with Gasteiger partial charge in [-0.1, -0.05) is 36.7 Å². The zero-order valence-electron chi connectivity index (χ0n) is 11.7. The molecule has 0 saturated carbocycles. The zero-order valence-corrected chi connectivity index (χ0v) is 13.3. The molecule has 3 nitrogen and oxygen atoms in total. The molecule has 0 aromatic heterocycles. The molecule has 108 valence electrons. The lowest BCUT2D eigenvalue weighted by molar-refractivity contribution is 0.507. The van der Waals surface area contributed by atoms with Crippen LogP contribution < -0.4 is 5.32 Å². The number of nitrogens with one attached hydrogen (secondary N) is 1. The Morgan fingerprint density at radius 3 is 2.63 bits per heavy atom. The van der Waals surface area contributed by atoms with E-state index in [1.54, 1.807) is 0 Å². The largest absolute Gasteiger partial charge is 0.310 e. The SMILES string of the molecule is CCNC(CCCS(C)(=O)=O)c1cccc(C)c1Cl. The van der Waals surface area contributed by atoms with Gasteiger partial charge in [0, 0.05) is 23.1 Å². The highest BCUT2D eigenvalue weighted by atomic mass is 35.5. The van der Waals surface area contributed by atoms with Crippen molar-refractivity contribution < 1.29 is 8.42 Å². The molecule has 0 radical (unpaired) electrons. The highest BCUT2D eigenvalue weighted by Crippen LogP contribution is 2.28. The summed E-state index contributed by atoms with van der Waals surface area (Å²) in [5.41, 5.74) is 2.10. The molecule has 1 N–H and O–H groups in total. The van der Waals surface area contributed by atoms with Crippen LogP contribution in [0.15, 0.2) is 18.2 Å². The molecule has 0 aliphatic rings. The van der Waals surface area contributed by atoms with Gasteiger partial charge in [-0.25, -0.2) is 8.42 Å². The number of aryl methyl sites for hydroxylation is 1. The second kappa shape index (κ2) is 7.27. The average molecular weight is 304 g/mol. The number of rotatable bonds is 7. The maximum Gasteiger partial charge on any atom is 0.147 e. The van der Waals surface area contributed by atoms with E-state index >= 15 is 0 Å². The van der Waals surface area contributed by atoms with Gasteiger partial charge in [0.15, 0.2) is 0 Å². The first kappa shape index (κ1) is 16.5. The molecule has 0 bridgehead atoms. The van der Waals surface area contributed by atoms with E-state index in [-0.39, 0.29) is 11.8 Å². The quantitative estimate of drug-likeness (QED) is 0.842. The third-order valence-corrected chi connectivity index (χ3v) is 4.60. The summed E-state index contributed by atoms with van der Waals surface area (Å²) in [6.07, 6.45) is 2.68. The lowest BCUT2D eigenvalue weighted by atomic mass is 10.0. The first-order valence-corrected chi connectivity index (χ1v) is 8.95. The van der Waals surface area contributed by atoms with E-state index in [1.165, 1.54) is 6.26 Å². The van der Waals surface area contributed by atoms with Crippen molar-refractivity contribution in [2.75, 3.05) is 18.6 Å². The van der Waals surface area contributed by atoms with Crippen LogP contribution in [-0.2, 0) is 9.84 Å². The van der Waals surface area contributed by atoms with Gasteiger partial charge in [0.25, 0.3) is 0 Å². The summed E-state index contributed by atoms with van der Waals surface area (Å²) in [6.45, 7) is 4.84. The van der Waals surface area contributed by atoms with Gasteiger partial charge in [-0.05, 0) is 37.4 Å². The van der Waals surface area contributed by atoms with E-state index < -0.39 is 9.84 Å². The lowest BCUT2D eigenvalue weighted by Gasteiger charge is -2.20. The van der Waals surface area contributed by atoms with Gasteiger partial charge in [0.05, 0.1) is 0 Å². The van der Waals surface area contributed by atoms with E-state index in [4.69, 9.17) is 11.6 Å². The molecular formula is C14H22ClNO2S. The molecule has 1 aromatic carbocycles. The Bertz CT molecular complexity index is 514. The van der Waals surface area contributed by atoms with E-state index in [9.17, 15) is 8.42 Å². The normalized spacial score (nSPS) is 13.5. The second-order valence-corrected chi connectivity index (χ2v) is 7.50. The number of hydrogen-bond donors (Lipinski definition) is 1. The van der Waals surface area contributed by atoms with Crippen molar-refractivity contribution in [1.29, 1.82) is 0 Å². The Hall–Kier alpha value is -0.580. The van der Waals surface area contributed by atoms with Gasteiger partial charge in [0.1, 0.15) is 9.84 Å². The summed E-state index contributed by atoms with van der Waals surface area (Å²) in [5.74, 6) is 0.221. The number of sulfone groups is 1. The Balaban J connectivity index is 2.79. The fourth-order valence-corrected chi connectivity index (χ4v) is 3.05. The summed E-state index contributed by atoms with van der Waals surface area (Å²) >= 11 is 6.33. The summed E-state index contributed by atoms with van der Waals surface area (Å²) in [7, 11) is -2.90. The van der Waals surface area contributed by atoms with Gasteiger partial charge in [-0.2, -0.15) is 0 Å². The highest BCUT2D eigenvalue weighted by molar-refractivity contribution is 7.90. The fourth-order valence-electron chi connectivity index (χ4n) is 2.10. The van der Waals surface area contributed by atoms with Crippen molar-refractivity contribution in [3.63, 3.8) is 0 Å². The van der Waals surface area contributed by atoms with E-state index in [2.05, 4.69) is 5.32 Å². The molecule has 5 heteroatoms. The molecule has 0 heterocycles. The van der Waals surface area contributed by atoms with E-state index in [0.717, 1.165) is 29.1 Å². The molecule has 1 aromatic rings. The van der Waals surface area contributed by atoms with Gasteiger partial charge >= 0.3 is 0 Å². The summed E-state index contributed by atoms with van der Waals surface area (Å²) in [4.78, 5) is 0. The Morgan fingerprint density at radius 1 is 1.37 bits per heavy atom. The van der Waals surface area contributed by atoms with E-state index in [0.29, 0.717) is 6.42 Å². The molecule has 1 atom stereocenters. The van der Waals surface area contributed by atoms with Gasteiger partial charge < -0.3 is 5.32 Å². The third kappa shape index (κ3) is 5.51. The zero-order chi connectivity index (χ0) is 14.5. The van der Waals surface area contributed by atoms with Crippen LogP contribution in [-0.4, -0.2) is 27.0 Å². The van der Waals surface area contributed by atoms with Crippen LogP contribution in [0.25, 0.3) is 0 Å². The standard InChI is InChI=1S/C14H22ClNO2S/c1-4-16-13(9-6-10-19(3,17)18)12-8-5-7-11(2)14(12)15/h5,7-8,13,16H,4,6,9-10H2,1-3H3. The van der Waals surface area contributed by atoms with Crippen LogP contribution in [0.5, 0.6) is 0 Å². The van der Waals surface area contributed by atoms with Gasteiger partial charge in [-0.3, -0.25) is 0 Å². The smallest absolute Gasteiger partial charge is 0.147 e. The lowest BCUT2D eigenvalue weighted by Crippen LogP contribution is -2.22. The molecule has 0 aliphatic heterocycles. The first-order chi connectivity index (χ1) is 8.85. The van der Waals surface area contributed by atoms with Crippen LogP contribution in [0.3, 0.4) is 0 Å². The van der Waals surface area contributed by atoms with Crippen molar-refractivity contribution in [2.24, 2.45) is 0 Å². The molecule has 0 amide bonds. The van der Waals surface area contributed by atoms with Crippen molar-refractivity contribution >= 4 is 21.4 Å². The van der Waals surface area contributed by atoms with Crippen molar-refractivity contribution in [1.82, 2.24) is 5.32 Å². The number of benzene rings is 1. The third-order valence-electron chi connectivity index (χ3n) is 3.06. The minimum Gasteiger partial charge on any atom is -0.310 e. The minimum absolute atomic E-state index is 0.110. The highest BCUT2D eigenvalue weighted by Gasteiger charge is 2.15. The van der Waals surface area contributed by atoms with Crippen molar-refractivity contribution in [2.45, 2.75) is 32.7 Å². The van der Waals surface area contributed by atoms with Crippen molar-refractivity contribution in [3.8, 4) is 0 Å². The first-order valence-electron chi connectivity index (χ1n) is 6.51. The molecule has 0 spiro atoms. The van der Waals surface area contributed by atoms with Crippen LogP contribution >= 0.6 is 11.6 Å². The molecule has 1 unspecified atom stereocenters. The molecule has 0 fully saturated rings. The summed E-state index contributed by atoms with van der Waals surface area (Å²) < 4.78 is 22.4. The molecular weight excluding hydrogens is 282 g/mol. The second-order valence-electron chi connectivity index (χ2n) is 4.86. The number of hydrogen-bond acceptors (Lipinski definition) is 3. The maximum absolute atomic E-state index is 11.2. The summed E-state index contributed by atoms with van der Waals surface area (Å²) in [6, 6.07) is 6.07. The van der Waals surface area contributed by atoms with Crippen LogP contribution in [0.1, 0.15) is 36.9 Å². The number of halogens is 1. The molecule has 1 rings (SSSR count). The van der Waals surface area contributed by atoms with Gasteiger partial charge in [-0.15, -0.1) is 0 Å². The summed E-state index contributed by atoms with van der Waals surface area (Å²) in [5, 5.41) is 4.15. The molecule has 19 heavy (non-hydrogen) atoms. The molecule has 0 aliphatic carbocycles. The average Bonchev–Trinajstić information content (AvgIpc) is 2.30. The monoisotopic (exact) mass is 303 g/mol. The van der Waals surface area contributed by atoms with Crippen molar-refractivity contribution in [3.05, 3.63) is 34.3 Å². The molecule has 0 saturated heterocycles. The Kier molecular flexibility index (Phi) is 6.30. The van der Waals surface area contributed by atoms with E-state index in [1.807, 2.05) is 32.0 Å². The van der Waals surface area contributed by atoms with Crippen LogP contribution in [0.4, 0.5) is 0 Å².